The first-order chi connectivity index (χ1) is 9.60. The molecule has 0 aromatic carbocycles. The second-order valence-electron chi connectivity index (χ2n) is 5.36. The van der Waals surface area contributed by atoms with Crippen LogP contribution in [0.2, 0.25) is 0 Å². The number of hydrogen-bond donors (Lipinski definition) is 2. The molecule has 3 heterocycles. The van der Waals surface area contributed by atoms with E-state index < -0.39 is 0 Å². The molecule has 0 bridgehead atoms. The number of rotatable bonds is 3. The molecule has 6 nitrogen and oxygen atoms in total. The lowest BCUT2D eigenvalue weighted by Gasteiger charge is -2.19. The van der Waals surface area contributed by atoms with E-state index in [2.05, 4.69) is 32.7 Å². The normalized spacial score (nSPS) is 19.2. The Kier molecular flexibility index (Phi) is 3.57. The monoisotopic (exact) mass is 292 g/mol. The number of fused-ring (bicyclic) bond motifs is 1. The lowest BCUT2D eigenvalue weighted by atomic mass is 10.3. The fourth-order valence-electron chi connectivity index (χ4n) is 2.74. The summed E-state index contributed by atoms with van der Waals surface area (Å²) in [6.07, 6.45) is 1.09. The summed E-state index contributed by atoms with van der Waals surface area (Å²) in [5, 5.41) is 10.1. The Morgan fingerprint density at radius 3 is 2.95 bits per heavy atom. The predicted molar refractivity (Wildman–Crippen MR) is 82.7 cm³/mol. The standard InChI is InChI=1S/C13H20N6S/c1-8-6-12(18-5-4-11(7-18)17-20-14)13-15-9(2)10(3)19(13)16-8/h6,11,17H,4-5,7,14H2,1-3H3. The topological polar surface area (TPSA) is 71.5 Å². The van der Waals surface area contributed by atoms with Crippen molar-refractivity contribution in [2.75, 3.05) is 18.0 Å². The first kappa shape index (κ1) is 13.7. The molecule has 3 rings (SSSR count). The molecule has 1 fully saturated rings. The van der Waals surface area contributed by atoms with Gasteiger partial charge in [0.2, 0.25) is 0 Å². The summed E-state index contributed by atoms with van der Waals surface area (Å²) >= 11 is 1.20. The molecule has 0 aliphatic carbocycles. The van der Waals surface area contributed by atoms with Gasteiger partial charge in [-0.25, -0.2) is 14.2 Å². The minimum Gasteiger partial charge on any atom is -0.367 e. The van der Waals surface area contributed by atoms with Crippen molar-refractivity contribution in [2.45, 2.75) is 33.2 Å². The van der Waals surface area contributed by atoms with Gasteiger partial charge < -0.3 is 4.90 Å². The second kappa shape index (κ2) is 5.23. The number of aryl methyl sites for hydroxylation is 3. The maximum Gasteiger partial charge on any atom is 0.177 e. The molecule has 1 unspecified atom stereocenters. The number of imidazole rings is 1. The number of nitrogens with zero attached hydrogens (tertiary/aromatic N) is 4. The second-order valence-corrected chi connectivity index (χ2v) is 5.83. The SMILES string of the molecule is Cc1cc(N2CCC(NSN)C2)c2nc(C)c(C)n2n1. The van der Waals surface area contributed by atoms with Crippen molar-refractivity contribution in [2.24, 2.45) is 5.14 Å². The summed E-state index contributed by atoms with van der Waals surface area (Å²) in [6.45, 7) is 8.09. The van der Waals surface area contributed by atoms with Gasteiger partial charge in [0.05, 0.1) is 22.8 Å². The first-order valence-electron chi connectivity index (χ1n) is 6.80. The van der Waals surface area contributed by atoms with Crippen molar-refractivity contribution in [1.29, 1.82) is 0 Å². The van der Waals surface area contributed by atoms with Gasteiger partial charge in [0.15, 0.2) is 5.65 Å². The molecule has 3 N–H and O–H groups in total. The third kappa shape index (κ3) is 2.25. The van der Waals surface area contributed by atoms with Crippen molar-refractivity contribution in [3.05, 3.63) is 23.1 Å². The molecule has 0 amide bonds. The molecule has 1 atom stereocenters. The van der Waals surface area contributed by atoms with E-state index in [1.165, 1.54) is 17.8 Å². The van der Waals surface area contributed by atoms with Gasteiger partial charge in [0.1, 0.15) is 0 Å². The molecule has 2 aromatic rings. The highest BCUT2D eigenvalue weighted by Crippen LogP contribution is 2.27. The van der Waals surface area contributed by atoms with Gasteiger partial charge in [-0.3, -0.25) is 5.14 Å². The Labute approximate surface area is 123 Å². The highest BCUT2D eigenvalue weighted by molar-refractivity contribution is 7.95. The Balaban J connectivity index is 2.01. The summed E-state index contributed by atoms with van der Waals surface area (Å²) in [5.74, 6) is 0. The molecule has 2 aromatic heterocycles. The molecule has 0 spiro atoms. The van der Waals surface area contributed by atoms with E-state index in [1.807, 2.05) is 18.4 Å². The van der Waals surface area contributed by atoms with Crippen molar-refractivity contribution < 1.29 is 0 Å². The van der Waals surface area contributed by atoms with Gasteiger partial charge in [0.25, 0.3) is 0 Å². The van der Waals surface area contributed by atoms with Gasteiger partial charge in [-0.05, 0) is 33.3 Å². The average molecular weight is 292 g/mol. The van der Waals surface area contributed by atoms with Crippen LogP contribution in [0.25, 0.3) is 5.65 Å². The van der Waals surface area contributed by atoms with Gasteiger partial charge in [-0.15, -0.1) is 0 Å². The molecule has 1 saturated heterocycles. The quantitative estimate of drug-likeness (QED) is 0.832. The third-order valence-electron chi connectivity index (χ3n) is 3.91. The third-order valence-corrected chi connectivity index (χ3v) is 4.38. The van der Waals surface area contributed by atoms with E-state index in [1.54, 1.807) is 0 Å². The minimum absolute atomic E-state index is 0.427. The number of nitrogens with two attached hydrogens (primary N) is 1. The predicted octanol–water partition coefficient (Wildman–Crippen LogP) is 1.34. The number of hydrogen-bond acceptors (Lipinski definition) is 6. The van der Waals surface area contributed by atoms with E-state index in [9.17, 15) is 0 Å². The molecular weight excluding hydrogens is 272 g/mol. The Morgan fingerprint density at radius 2 is 2.20 bits per heavy atom. The Morgan fingerprint density at radius 1 is 1.40 bits per heavy atom. The summed E-state index contributed by atoms with van der Waals surface area (Å²) < 4.78 is 5.19. The molecule has 1 aliphatic rings. The van der Waals surface area contributed by atoms with E-state index >= 15 is 0 Å². The highest BCUT2D eigenvalue weighted by Gasteiger charge is 2.25. The van der Waals surface area contributed by atoms with Gasteiger partial charge in [-0.2, -0.15) is 5.10 Å². The smallest absolute Gasteiger partial charge is 0.177 e. The van der Waals surface area contributed by atoms with Gasteiger partial charge in [0, 0.05) is 31.3 Å². The van der Waals surface area contributed by atoms with Crippen LogP contribution in [0, 0.1) is 20.8 Å². The number of nitrogens with one attached hydrogen (secondary N) is 1. The molecule has 108 valence electrons. The zero-order chi connectivity index (χ0) is 14.3. The van der Waals surface area contributed by atoms with Crippen LogP contribution in [0.3, 0.4) is 0 Å². The summed E-state index contributed by atoms with van der Waals surface area (Å²) in [7, 11) is 0. The molecule has 0 radical (unpaired) electrons. The van der Waals surface area contributed by atoms with Crippen LogP contribution in [-0.2, 0) is 0 Å². The van der Waals surface area contributed by atoms with Crippen LogP contribution >= 0.6 is 12.1 Å². The van der Waals surface area contributed by atoms with Gasteiger partial charge >= 0.3 is 0 Å². The maximum absolute atomic E-state index is 5.49. The van der Waals surface area contributed by atoms with Gasteiger partial charge in [-0.1, -0.05) is 0 Å². The summed E-state index contributed by atoms with van der Waals surface area (Å²) in [4.78, 5) is 7.04. The van der Waals surface area contributed by atoms with Crippen LogP contribution in [0.1, 0.15) is 23.5 Å². The van der Waals surface area contributed by atoms with Crippen LogP contribution in [0.15, 0.2) is 6.07 Å². The maximum atomic E-state index is 5.49. The zero-order valence-corrected chi connectivity index (χ0v) is 12.9. The van der Waals surface area contributed by atoms with Crippen LogP contribution in [0.4, 0.5) is 5.69 Å². The fourth-order valence-corrected chi connectivity index (χ4v) is 3.13. The molecule has 0 saturated carbocycles. The summed E-state index contributed by atoms with van der Waals surface area (Å²) in [5.41, 5.74) is 5.27. The van der Waals surface area contributed by atoms with Crippen molar-refractivity contribution in [3.63, 3.8) is 0 Å². The largest absolute Gasteiger partial charge is 0.367 e. The molecule has 7 heteroatoms. The minimum atomic E-state index is 0.427. The van der Waals surface area contributed by atoms with Crippen LogP contribution in [0.5, 0.6) is 0 Å². The van der Waals surface area contributed by atoms with E-state index in [4.69, 9.17) is 5.14 Å². The van der Waals surface area contributed by atoms with Crippen molar-refractivity contribution in [3.8, 4) is 0 Å². The number of anilines is 1. The average Bonchev–Trinajstić information content (AvgIpc) is 2.97. The van der Waals surface area contributed by atoms with E-state index in [0.717, 1.165) is 42.2 Å². The fraction of sp³-hybridized carbons (Fsp3) is 0.538. The van der Waals surface area contributed by atoms with E-state index in [-0.39, 0.29) is 0 Å². The lowest BCUT2D eigenvalue weighted by molar-refractivity contribution is 0.701. The van der Waals surface area contributed by atoms with Crippen LogP contribution in [-0.4, -0.2) is 33.7 Å². The lowest BCUT2D eigenvalue weighted by Crippen LogP contribution is -2.29. The molecule has 20 heavy (non-hydrogen) atoms. The van der Waals surface area contributed by atoms with E-state index in [0.29, 0.717) is 6.04 Å². The molecule has 1 aliphatic heterocycles. The van der Waals surface area contributed by atoms with Crippen LogP contribution < -0.4 is 14.8 Å². The Bertz CT molecular complexity index is 637. The molecular formula is C13H20N6S. The van der Waals surface area contributed by atoms with Crippen molar-refractivity contribution >= 4 is 23.5 Å². The first-order valence-corrected chi connectivity index (χ1v) is 7.68. The Hall–Kier alpha value is -1.31. The summed E-state index contributed by atoms with van der Waals surface area (Å²) in [6, 6.07) is 2.55. The number of aromatic nitrogens is 3. The zero-order valence-electron chi connectivity index (χ0n) is 12.1. The van der Waals surface area contributed by atoms with Crippen molar-refractivity contribution in [1.82, 2.24) is 19.3 Å². The highest BCUT2D eigenvalue weighted by atomic mass is 32.2.